The van der Waals surface area contributed by atoms with Gasteiger partial charge in [0.25, 0.3) is 5.91 Å². The van der Waals surface area contributed by atoms with E-state index < -0.39 is 0 Å². The number of hydrogen-bond acceptors (Lipinski definition) is 2. The van der Waals surface area contributed by atoms with Gasteiger partial charge in [0.15, 0.2) is 0 Å². The first-order valence-corrected chi connectivity index (χ1v) is 7.43. The predicted octanol–water partition coefficient (Wildman–Crippen LogP) is 4.81. The third-order valence-corrected chi connectivity index (χ3v) is 3.73. The van der Waals surface area contributed by atoms with Gasteiger partial charge in [-0.25, -0.2) is 4.98 Å². The first-order valence-electron chi connectivity index (χ1n) is 7.05. The molecule has 1 N–H and O–H groups in total. The quantitative estimate of drug-likeness (QED) is 0.824. The molecule has 0 bridgehead atoms. The van der Waals surface area contributed by atoms with Crippen molar-refractivity contribution in [3.63, 3.8) is 0 Å². The van der Waals surface area contributed by atoms with E-state index in [-0.39, 0.29) is 5.91 Å². The summed E-state index contributed by atoms with van der Waals surface area (Å²) in [7, 11) is 0. The molecule has 0 aliphatic heterocycles. The first-order chi connectivity index (χ1) is 10.0. The number of rotatable bonds is 4. The number of nitrogens with one attached hydrogen (secondary N) is 1. The number of pyridine rings is 1. The second-order valence-electron chi connectivity index (χ2n) is 5.17. The third kappa shape index (κ3) is 3.82. The van der Waals surface area contributed by atoms with Crippen molar-refractivity contribution in [1.29, 1.82) is 0 Å². The molecule has 4 heteroatoms. The summed E-state index contributed by atoms with van der Waals surface area (Å²) in [6, 6.07) is 11.2. The maximum Gasteiger partial charge on any atom is 0.255 e. The first kappa shape index (κ1) is 15.5. The second-order valence-corrected chi connectivity index (χ2v) is 5.56. The highest BCUT2D eigenvalue weighted by molar-refractivity contribution is 6.29. The van der Waals surface area contributed by atoms with Crippen molar-refractivity contribution in [2.24, 2.45) is 0 Å². The lowest BCUT2D eigenvalue weighted by molar-refractivity contribution is 0.102. The van der Waals surface area contributed by atoms with Crippen molar-refractivity contribution < 1.29 is 4.79 Å². The van der Waals surface area contributed by atoms with Gasteiger partial charge < -0.3 is 5.32 Å². The second kappa shape index (κ2) is 6.72. The Labute approximate surface area is 130 Å². The van der Waals surface area contributed by atoms with Gasteiger partial charge in [0, 0.05) is 16.9 Å². The average molecular weight is 303 g/mol. The Balaban J connectivity index is 2.27. The fourth-order valence-electron chi connectivity index (χ4n) is 2.21. The minimum absolute atomic E-state index is 0.168. The summed E-state index contributed by atoms with van der Waals surface area (Å²) in [5, 5.41) is 3.30. The monoisotopic (exact) mass is 302 g/mol. The van der Waals surface area contributed by atoms with Crippen LogP contribution in [-0.2, 0) is 0 Å². The van der Waals surface area contributed by atoms with E-state index in [1.807, 2.05) is 25.1 Å². The van der Waals surface area contributed by atoms with Crippen LogP contribution in [0.2, 0.25) is 5.15 Å². The molecule has 0 aliphatic carbocycles. The van der Waals surface area contributed by atoms with Gasteiger partial charge in [-0.05, 0) is 43.0 Å². The molecule has 0 aliphatic rings. The number of benzene rings is 1. The van der Waals surface area contributed by atoms with Gasteiger partial charge in [-0.3, -0.25) is 4.79 Å². The predicted molar refractivity (Wildman–Crippen MR) is 87.1 cm³/mol. The standard InChI is InChI=1S/C17H19ClN2O/c1-4-11(2)14-7-5-6-8-15(14)20-17(21)13-9-12(3)19-16(18)10-13/h5-11H,4H2,1-3H3,(H,20,21). The molecule has 1 heterocycles. The zero-order valence-electron chi connectivity index (χ0n) is 12.5. The number of anilines is 1. The summed E-state index contributed by atoms with van der Waals surface area (Å²) in [6.45, 7) is 6.10. The summed E-state index contributed by atoms with van der Waals surface area (Å²) in [5.74, 6) is 0.224. The smallest absolute Gasteiger partial charge is 0.255 e. The molecule has 1 aromatic heterocycles. The lowest BCUT2D eigenvalue weighted by atomic mass is 9.97. The summed E-state index contributed by atoms with van der Waals surface area (Å²) in [5.41, 5.74) is 3.24. The number of amides is 1. The molecule has 1 unspecified atom stereocenters. The van der Waals surface area contributed by atoms with Crippen molar-refractivity contribution in [2.45, 2.75) is 33.1 Å². The van der Waals surface area contributed by atoms with Gasteiger partial charge in [0.2, 0.25) is 0 Å². The molecule has 110 valence electrons. The van der Waals surface area contributed by atoms with E-state index in [1.54, 1.807) is 12.1 Å². The van der Waals surface area contributed by atoms with Gasteiger partial charge in [0.05, 0.1) is 0 Å². The Morgan fingerprint density at radius 2 is 2.05 bits per heavy atom. The lowest BCUT2D eigenvalue weighted by Crippen LogP contribution is -2.14. The Kier molecular flexibility index (Phi) is 4.97. The van der Waals surface area contributed by atoms with Crippen LogP contribution < -0.4 is 5.32 Å². The third-order valence-electron chi connectivity index (χ3n) is 3.54. The zero-order valence-corrected chi connectivity index (χ0v) is 13.2. The fraction of sp³-hybridized carbons (Fsp3) is 0.294. The maximum absolute atomic E-state index is 12.4. The highest BCUT2D eigenvalue weighted by atomic mass is 35.5. The highest BCUT2D eigenvalue weighted by Crippen LogP contribution is 2.27. The number of hydrogen-bond donors (Lipinski definition) is 1. The van der Waals surface area contributed by atoms with Crippen molar-refractivity contribution in [3.05, 3.63) is 58.4 Å². The van der Waals surface area contributed by atoms with E-state index in [0.29, 0.717) is 16.6 Å². The van der Waals surface area contributed by atoms with Gasteiger partial charge in [0.1, 0.15) is 5.15 Å². The molecule has 0 spiro atoms. The molecule has 1 atom stereocenters. The topological polar surface area (TPSA) is 42.0 Å². The van der Waals surface area contributed by atoms with Gasteiger partial charge in [-0.15, -0.1) is 0 Å². The van der Waals surface area contributed by atoms with E-state index in [1.165, 1.54) is 0 Å². The summed E-state index contributed by atoms with van der Waals surface area (Å²) < 4.78 is 0. The summed E-state index contributed by atoms with van der Waals surface area (Å²) in [4.78, 5) is 16.5. The van der Waals surface area contributed by atoms with Gasteiger partial charge >= 0.3 is 0 Å². The molecular formula is C17H19ClN2O. The summed E-state index contributed by atoms with van der Waals surface area (Å²) >= 11 is 5.91. The van der Waals surface area contributed by atoms with Gasteiger partial charge in [-0.1, -0.05) is 43.6 Å². The van der Waals surface area contributed by atoms with Crippen LogP contribution >= 0.6 is 11.6 Å². The Morgan fingerprint density at radius 3 is 2.71 bits per heavy atom. The van der Waals surface area contributed by atoms with E-state index in [9.17, 15) is 4.79 Å². The minimum atomic E-state index is -0.168. The largest absolute Gasteiger partial charge is 0.322 e. The number of halogens is 1. The lowest BCUT2D eigenvalue weighted by Gasteiger charge is -2.15. The van der Waals surface area contributed by atoms with Crippen molar-refractivity contribution in [1.82, 2.24) is 4.98 Å². The molecular weight excluding hydrogens is 284 g/mol. The highest BCUT2D eigenvalue weighted by Gasteiger charge is 2.13. The molecule has 1 aromatic carbocycles. The Morgan fingerprint density at radius 1 is 1.33 bits per heavy atom. The molecule has 1 amide bonds. The van der Waals surface area contributed by atoms with E-state index in [2.05, 4.69) is 30.2 Å². The van der Waals surface area contributed by atoms with Crippen LogP contribution in [0.25, 0.3) is 0 Å². The van der Waals surface area contributed by atoms with Crippen LogP contribution in [0.1, 0.15) is 47.8 Å². The zero-order chi connectivity index (χ0) is 15.4. The van der Waals surface area contributed by atoms with Crippen LogP contribution in [0, 0.1) is 6.92 Å². The number of aromatic nitrogens is 1. The number of aryl methyl sites for hydroxylation is 1. The number of carbonyl (C=O) groups is 1. The van der Waals surface area contributed by atoms with Crippen LogP contribution in [-0.4, -0.2) is 10.9 Å². The maximum atomic E-state index is 12.4. The molecule has 0 saturated heterocycles. The van der Waals surface area contributed by atoms with Crippen LogP contribution in [0.3, 0.4) is 0 Å². The van der Waals surface area contributed by atoms with Crippen LogP contribution in [0.15, 0.2) is 36.4 Å². The molecule has 3 nitrogen and oxygen atoms in total. The van der Waals surface area contributed by atoms with Crippen LogP contribution in [0.5, 0.6) is 0 Å². The van der Waals surface area contributed by atoms with E-state index >= 15 is 0 Å². The Bertz CT molecular complexity index is 635. The van der Waals surface area contributed by atoms with Crippen molar-refractivity contribution in [2.75, 3.05) is 5.32 Å². The normalized spacial score (nSPS) is 12.0. The minimum Gasteiger partial charge on any atom is -0.322 e. The molecule has 21 heavy (non-hydrogen) atoms. The van der Waals surface area contributed by atoms with Gasteiger partial charge in [-0.2, -0.15) is 0 Å². The summed E-state index contributed by atoms with van der Waals surface area (Å²) in [6.07, 6.45) is 1.02. The molecule has 2 aromatic rings. The average Bonchev–Trinajstić information content (AvgIpc) is 2.46. The molecule has 0 fully saturated rings. The molecule has 2 rings (SSSR count). The van der Waals surface area contributed by atoms with E-state index in [0.717, 1.165) is 23.4 Å². The fourth-order valence-corrected chi connectivity index (χ4v) is 2.46. The number of para-hydroxylation sites is 1. The van der Waals surface area contributed by atoms with Crippen molar-refractivity contribution >= 4 is 23.2 Å². The van der Waals surface area contributed by atoms with E-state index in [4.69, 9.17) is 11.6 Å². The van der Waals surface area contributed by atoms with Crippen LogP contribution in [0.4, 0.5) is 5.69 Å². The SMILES string of the molecule is CCC(C)c1ccccc1NC(=O)c1cc(C)nc(Cl)c1. The van der Waals surface area contributed by atoms with Crippen molar-refractivity contribution in [3.8, 4) is 0 Å². The Hall–Kier alpha value is -1.87. The number of nitrogens with zero attached hydrogens (tertiary/aromatic N) is 1. The number of carbonyl (C=O) groups excluding carboxylic acids is 1. The molecule has 0 saturated carbocycles. The molecule has 0 radical (unpaired) electrons.